The molecule has 0 aliphatic carbocycles. The number of benzene rings is 1. The summed E-state index contributed by atoms with van der Waals surface area (Å²) in [5.74, 6) is -0.0806. The molecular formula is C13H13N3O. The number of rotatable bonds is 4. The van der Waals surface area contributed by atoms with E-state index >= 15 is 0 Å². The minimum absolute atomic E-state index is 0.0806. The standard InChI is InChI=1S/C13H13N3O/c1-2-4-12-11(8-15-16-12)13(17)9-5-3-6-10(14)7-9/h2-3,5-8H,1,4,14H2,(H,15,16). The molecule has 86 valence electrons. The average molecular weight is 227 g/mol. The van der Waals surface area contributed by atoms with Gasteiger partial charge in [-0.05, 0) is 12.1 Å². The summed E-state index contributed by atoms with van der Waals surface area (Å²) in [4.78, 5) is 12.2. The molecule has 1 aromatic heterocycles. The highest BCUT2D eigenvalue weighted by molar-refractivity contribution is 6.10. The Morgan fingerprint density at radius 1 is 1.53 bits per heavy atom. The van der Waals surface area contributed by atoms with Crippen LogP contribution in [0.25, 0.3) is 0 Å². The van der Waals surface area contributed by atoms with Crippen molar-refractivity contribution < 1.29 is 4.79 Å². The van der Waals surface area contributed by atoms with Gasteiger partial charge in [-0.3, -0.25) is 9.89 Å². The average Bonchev–Trinajstić information content (AvgIpc) is 2.77. The first kappa shape index (κ1) is 11.1. The second-order valence-electron chi connectivity index (χ2n) is 3.69. The molecule has 0 saturated heterocycles. The van der Waals surface area contributed by atoms with E-state index in [0.717, 1.165) is 0 Å². The topological polar surface area (TPSA) is 71.8 Å². The van der Waals surface area contributed by atoms with Crippen LogP contribution in [0, 0.1) is 0 Å². The summed E-state index contributed by atoms with van der Waals surface area (Å²) in [5, 5.41) is 6.73. The number of allylic oxidation sites excluding steroid dienone is 1. The minimum atomic E-state index is -0.0806. The third-order valence-corrected chi connectivity index (χ3v) is 2.45. The van der Waals surface area contributed by atoms with Gasteiger partial charge >= 0.3 is 0 Å². The molecule has 0 amide bonds. The number of hydrogen-bond donors (Lipinski definition) is 2. The fourth-order valence-corrected chi connectivity index (χ4v) is 1.64. The molecule has 2 aromatic rings. The zero-order valence-electron chi connectivity index (χ0n) is 9.31. The first-order chi connectivity index (χ1) is 8.22. The lowest BCUT2D eigenvalue weighted by Gasteiger charge is -2.01. The summed E-state index contributed by atoms with van der Waals surface area (Å²) in [6, 6.07) is 6.91. The number of H-pyrrole nitrogens is 1. The second kappa shape index (κ2) is 4.65. The van der Waals surface area contributed by atoms with Crippen LogP contribution in [-0.4, -0.2) is 16.0 Å². The van der Waals surface area contributed by atoms with E-state index in [1.807, 2.05) is 0 Å². The van der Waals surface area contributed by atoms with Crippen molar-refractivity contribution >= 4 is 11.5 Å². The Kier molecular flexibility index (Phi) is 3.05. The lowest BCUT2D eigenvalue weighted by Crippen LogP contribution is -2.04. The van der Waals surface area contributed by atoms with Crippen LogP contribution >= 0.6 is 0 Å². The molecule has 0 aliphatic rings. The van der Waals surface area contributed by atoms with E-state index in [1.165, 1.54) is 0 Å². The molecule has 0 radical (unpaired) electrons. The van der Waals surface area contributed by atoms with Gasteiger partial charge in [0.25, 0.3) is 0 Å². The van der Waals surface area contributed by atoms with Crippen LogP contribution in [0.3, 0.4) is 0 Å². The zero-order valence-corrected chi connectivity index (χ0v) is 9.31. The van der Waals surface area contributed by atoms with Crippen LogP contribution in [0.4, 0.5) is 5.69 Å². The van der Waals surface area contributed by atoms with E-state index in [0.29, 0.717) is 28.9 Å². The summed E-state index contributed by atoms with van der Waals surface area (Å²) in [7, 11) is 0. The number of hydrogen-bond acceptors (Lipinski definition) is 3. The summed E-state index contributed by atoms with van der Waals surface area (Å²) in [6.07, 6.45) is 3.88. The Morgan fingerprint density at radius 3 is 3.06 bits per heavy atom. The maximum atomic E-state index is 12.2. The van der Waals surface area contributed by atoms with Crippen molar-refractivity contribution in [2.75, 3.05) is 5.73 Å². The molecule has 17 heavy (non-hydrogen) atoms. The van der Waals surface area contributed by atoms with Crippen molar-refractivity contribution in [1.29, 1.82) is 0 Å². The van der Waals surface area contributed by atoms with Crippen molar-refractivity contribution in [1.82, 2.24) is 10.2 Å². The number of carbonyl (C=O) groups is 1. The van der Waals surface area contributed by atoms with Crippen molar-refractivity contribution in [3.05, 3.63) is 59.9 Å². The highest BCUT2D eigenvalue weighted by Crippen LogP contribution is 2.15. The number of nitrogens with zero attached hydrogens (tertiary/aromatic N) is 1. The summed E-state index contributed by atoms with van der Waals surface area (Å²) >= 11 is 0. The van der Waals surface area contributed by atoms with Gasteiger partial charge in [-0.1, -0.05) is 18.2 Å². The Morgan fingerprint density at radius 2 is 2.35 bits per heavy atom. The number of carbonyl (C=O) groups excluding carboxylic acids is 1. The fraction of sp³-hybridized carbons (Fsp3) is 0.0769. The highest BCUT2D eigenvalue weighted by atomic mass is 16.1. The van der Waals surface area contributed by atoms with E-state index in [2.05, 4.69) is 16.8 Å². The van der Waals surface area contributed by atoms with Crippen LogP contribution in [0.1, 0.15) is 21.6 Å². The Labute approximate surface area is 99.2 Å². The van der Waals surface area contributed by atoms with Crippen LogP contribution < -0.4 is 5.73 Å². The Balaban J connectivity index is 2.37. The largest absolute Gasteiger partial charge is 0.399 e. The molecule has 0 spiro atoms. The van der Waals surface area contributed by atoms with Crippen LogP contribution in [0.5, 0.6) is 0 Å². The molecule has 1 aromatic carbocycles. The monoisotopic (exact) mass is 227 g/mol. The lowest BCUT2D eigenvalue weighted by molar-refractivity contribution is 0.103. The predicted octanol–water partition coefficient (Wildman–Crippen LogP) is 1.95. The van der Waals surface area contributed by atoms with Gasteiger partial charge < -0.3 is 5.73 Å². The quantitative estimate of drug-likeness (QED) is 0.476. The Bertz CT molecular complexity index is 557. The summed E-state index contributed by atoms with van der Waals surface area (Å²) in [5.41, 5.74) is 8.06. The van der Waals surface area contributed by atoms with E-state index in [1.54, 1.807) is 36.5 Å². The second-order valence-corrected chi connectivity index (χ2v) is 3.69. The molecule has 3 N–H and O–H groups in total. The van der Waals surface area contributed by atoms with Crippen molar-refractivity contribution in [2.45, 2.75) is 6.42 Å². The first-order valence-corrected chi connectivity index (χ1v) is 5.26. The van der Waals surface area contributed by atoms with Crippen molar-refractivity contribution in [3.63, 3.8) is 0 Å². The van der Waals surface area contributed by atoms with Gasteiger partial charge in [0.2, 0.25) is 0 Å². The van der Waals surface area contributed by atoms with Gasteiger partial charge in [0.1, 0.15) is 0 Å². The van der Waals surface area contributed by atoms with Crippen LogP contribution in [0.2, 0.25) is 0 Å². The number of aromatic amines is 1. The maximum Gasteiger partial charge on any atom is 0.196 e. The number of aromatic nitrogens is 2. The number of nitrogen functional groups attached to an aromatic ring is 1. The third-order valence-electron chi connectivity index (χ3n) is 2.45. The van der Waals surface area contributed by atoms with Gasteiger partial charge in [-0.15, -0.1) is 6.58 Å². The van der Waals surface area contributed by atoms with E-state index < -0.39 is 0 Å². The van der Waals surface area contributed by atoms with Gasteiger partial charge in [0.15, 0.2) is 5.78 Å². The lowest BCUT2D eigenvalue weighted by atomic mass is 10.0. The van der Waals surface area contributed by atoms with Crippen LogP contribution in [0.15, 0.2) is 43.1 Å². The SMILES string of the molecule is C=CCc1n[nH]cc1C(=O)c1cccc(N)c1. The molecule has 1 heterocycles. The summed E-state index contributed by atoms with van der Waals surface area (Å²) in [6.45, 7) is 3.64. The number of nitrogens with one attached hydrogen (secondary N) is 1. The normalized spacial score (nSPS) is 10.1. The van der Waals surface area contributed by atoms with Gasteiger partial charge in [-0.25, -0.2) is 0 Å². The fourth-order valence-electron chi connectivity index (χ4n) is 1.64. The molecule has 0 unspecified atom stereocenters. The van der Waals surface area contributed by atoms with E-state index in [4.69, 9.17) is 5.73 Å². The number of anilines is 1. The van der Waals surface area contributed by atoms with Gasteiger partial charge in [0.05, 0.1) is 11.3 Å². The van der Waals surface area contributed by atoms with Crippen LogP contribution in [-0.2, 0) is 6.42 Å². The number of ketones is 1. The number of nitrogens with two attached hydrogens (primary N) is 1. The summed E-state index contributed by atoms with van der Waals surface area (Å²) < 4.78 is 0. The highest BCUT2D eigenvalue weighted by Gasteiger charge is 2.15. The Hall–Kier alpha value is -2.36. The van der Waals surface area contributed by atoms with E-state index in [9.17, 15) is 4.79 Å². The molecule has 0 aliphatic heterocycles. The van der Waals surface area contributed by atoms with E-state index in [-0.39, 0.29) is 5.78 Å². The predicted molar refractivity (Wildman–Crippen MR) is 66.8 cm³/mol. The molecule has 0 bridgehead atoms. The molecular weight excluding hydrogens is 214 g/mol. The minimum Gasteiger partial charge on any atom is -0.399 e. The van der Waals surface area contributed by atoms with Crippen molar-refractivity contribution in [3.8, 4) is 0 Å². The molecule has 0 atom stereocenters. The smallest absolute Gasteiger partial charge is 0.196 e. The third kappa shape index (κ3) is 2.25. The molecule has 4 heteroatoms. The van der Waals surface area contributed by atoms with Gasteiger partial charge in [-0.2, -0.15) is 5.10 Å². The first-order valence-electron chi connectivity index (χ1n) is 5.26. The van der Waals surface area contributed by atoms with Crippen molar-refractivity contribution in [2.24, 2.45) is 0 Å². The molecule has 0 saturated carbocycles. The molecule has 2 rings (SSSR count). The molecule has 0 fully saturated rings. The molecule has 4 nitrogen and oxygen atoms in total. The zero-order chi connectivity index (χ0) is 12.3. The maximum absolute atomic E-state index is 12.2. The van der Waals surface area contributed by atoms with Gasteiger partial charge in [0, 0.05) is 23.9 Å².